The Hall–Kier alpha value is -3.56. The molecular formula is C23H20ClN4O4S-. The van der Waals surface area contributed by atoms with Gasteiger partial charge in [0.15, 0.2) is 0 Å². The first-order valence-electron chi connectivity index (χ1n) is 9.81. The lowest BCUT2D eigenvalue weighted by atomic mass is 10.2. The molecule has 0 aliphatic carbocycles. The lowest BCUT2D eigenvalue weighted by Crippen LogP contribution is -2.04. The SMILES string of the molecule is COc1cc(OC)c(Nc2nc3ccccc3nc2[N-]S(=O)(=O)c2cccc(C)c2)cc1Cl. The van der Waals surface area contributed by atoms with Crippen LogP contribution in [0.1, 0.15) is 5.56 Å². The maximum atomic E-state index is 13.0. The molecule has 4 aromatic rings. The highest BCUT2D eigenvalue weighted by atomic mass is 35.5. The molecule has 1 N–H and O–H groups in total. The summed E-state index contributed by atoms with van der Waals surface area (Å²) < 4.78 is 40.7. The Labute approximate surface area is 196 Å². The van der Waals surface area contributed by atoms with Crippen molar-refractivity contribution in [2.45, 2.75) is 11.8 Å². The lowest BCUT2D eigenvalue weighted by Gasteiger charge is -2.22. The second kappa shape index (κ2) is 9.13. The summed E-state index contributed by atoms with van der Waals surface area (Å²) in [5, 5.41) is 3.40. The molecular weight excluding hydrogens is 464 g/mol. The van der Waals surface area contributed by atoms with E-state index >= 15 is 0 Å². The molecule has 3 aromatic carbocycles. The van der Waals surface area contributed by atoms with Crippen molar-refractivity contribution in [3.8, 4) is 11.5 Å². The minimum atomic E-state index is -4.05. The molecule has 0 saturated heterocycles. The summed E-state index contributed by atoms with van der Waals surface area (Å²) in [7, 11) is -1.06. The number of sulfonamides is 1. The van der Waals surface area contributed by atoms with Crippen molar-refractivity contribution in [3.05, 3.63) is 76.0 Å². The minimum Gasteiger partial charge on any atom is -0.495 e. The first kappa shape index (κ1) is 22.6. The van der Waals surface area contributed by atoms with Crippen LogP contribution < -0.4 is 14.8 Å². The zero-order chi connectivity index (χ0) is 23.6. The summed E-state index contributed by atoms with van der Waals surface area (Å²) in [5.74, 6) is 0.878. The van der Waals surface area contributed by atoms with Crippen molar-refractivity contribution in [2.24, 2.45) is 0 Å². The molecule has 0 fully saturated rings. The van der Waals surface area contributed by atoms with Crippen LogP contribution in [-0.4, -0.2) is 32.6 Å². The average molecular weight is 484 g/mol. The predicted molar refractivity (Wildman–Crippen MR) is 129 cm³/mol. The highest BCUT2D eigenvalue weighted by Gasteiger charge is 2.15. The summed E-state index contributed by atoms with van der Waals surface area (Å²) in [6.07, 6.45) is 0. The minimum absolute atomic E-state index is 0.0634. The largest absolute Gasteiger partial charge is 0.495 e. The number of para-hydroxylation sites is 2. The topological polar surface area (TPSA) is 105 Å². The normalized spacial score (nSPS) is 11.3. The third-order valence-corrected chi connectivity index (χ3v) is 6.33. The van der Waals surface area contributed by atoms with Gasteiger partial charge in [-0.2, -0.15) is 0 Å². The van der Waals surface area contributed by atoms with E-state index in [1.807, 2.05) is 19.1 Å². The molecule has 33 heavy (non-hydrogen) atoms. The summed E-state index contributed by atoms with van der Waals surface area (Å²) in [5.41, 5.74) is 2.30. The van der Waals surface area contributed by atoms with E-state index in [0.717, 1.165) is 5.56 Å². The summed E-state index contributed by atoms with van der Waals surface area (Å²) >= 11 is 6.28. The Balaban J connectivity index is 1.82. The summed E-state index contributed by atoms with van der Waals surface area (Å²) in [6.45, 7) is 1.81. The number of aryl methyl sites for hydroxylation is 1. The van der Waals surface area contributed by atoms with E-state index in [4.69, 9.17) is 21.1 Å². The third-order valence-electron chi connectivity index (χ3n) is 4.77. The fraction of sp³-hybridized carbons (Fsp3) is 0.130. The maximum absolute atomic E-state index is 13.0. The third kappa shape index (κ3) is 4.79. The van der Waals surface area contributed by atoms with Gasteiger partial charge >= 0.3 is 0 Å². The molecule has 0 unspecified atom stereocenters. The van der Waals surface area contributed by atoms with Crippen molar-refractivity contribution < 1.29 is 17.9 Å². The van der Waals surface area contributed by atoms with E-state index in [1.54, 1.807) is 42.5 Å². The number of halogens is 1. The van der Waals surface area contributed by atoms with Crippen LogP contribution in [-0.2, 0) is 10.0 Å². The number of rotatable bonds is 7. The number of aromatic nitrogens is 2. The molecule has 8 nitrogen and oxygen atoms in total. The van der Waals surface area contributed by atoms with Crippen LogP contribution in [0.5, 0.6) is 11.5 Å². The number of hydrogen-bond acceptors (Lipinski definition) is 7. The molecule has 4 rings (SSSR count). The Kier molecular flexibility index (Phi) is 6.26. The maximum Gasteiger partial charge on any atom is 0.202 e. The van der Waals surface area contributed by atoms with Crippen LogP contribution in [0.15, 0.2) is 65.6 Å². The Morgan fingerprint density at radius 2 is 1.61 bits per heavy atom. The van der Waals surface area contributed by atoms with E-state index in [0.29, 0.717) is 33.2 Å². The zero-order valence-electron chi connectivity index (χ0n) is 18.0. The van der Waals surface area contributed by atoms with Crippen LogP contribution in [0, 0.1) is 6.92 Å². The molecule has 0 spiro atoms. The van der Waals surface area contributed by atoms with Crippen molar-refractivity contribution >= 4 is 50.0 Å². The molecule has 0 atom stereocenters. The van der Waals surface area contributed by atoms with Gasteiger partial charge in [0, 0.05) is 6.07 Å². The van der Waals surface area contributed by atoms with E-state index in [2.05, 4.69) is 20.0 Å². The second-order valence-corrected chi connectivity index (χ2v) is 9.09. The first-order valence-corrected chi connectivity index (χ1v) is 11.6. The standard InChI is InChI=1S/C23H20ClN4O4S/c1-14-7-6-8-15(11-14)33(29,30)28-23-22(25-17-9-4-5-10-18(17)26-23)27-19-12-16(24)20(31-2)13-21(19)32-3/h4-13H,1-3H3,(H-,25,26,27,28)/q-1. The molecule has 0 aliphatic rings. The first-order chi connectivity index (χ1) is 15.8. The number of ether oxygens (including phenoxy) is 2. The van der Waals surface area contributed by atoms with Gasteiger partial charge in [0.05, 0.1) is 35.3 Å². The number of hydrogen-bond donors (Lipinski definition) is 1. The van der Waals surface area contributed by atoms with Gasteiger partial charge < -0.3 is 24.5 Å². The Morgan fingerprint density at radius 1 is 0.909 bits per heavy atom. The van der Waals surface area contributed by atoms with Gasteiger partial charge in [-0.1, -0.05) is 41.9 Å². The molecule has 1 aromatic heterocycles. The molecule has 170 valence electrons. The van der Waals surface area contributed by atoms with E-state index in [1.165, 1.54) is 20.3 Å². The molecule has 0 amide bonds. The smallest absolute Gasteiger partial charge is 0.202 e. The van der Waals surface area contributed by atoms with E-state index in [-0.39, 0.29) is 16.5 Å². The van der Waals surface area contributed by atoms with Gasteiger partial charge in [0.1, 0.15) is 17.3 Å². The van der Waals surface area contributed by atoms with Crippen molar-refractivity contribution in [3.63, 3.8) is 0 Å². The summed E-state index contributed by atoms with van der Waals surface area (Å²) in [6, 6.07) is 16.8. The quantitative estimate of drug-likeness (QED) is 0.357. The van der Waals surface area contributed by atoms with Crippen LogP contribution >= 0.6 is 11.6 Å². The monoisotopic (exact) mass is 483 g/mol. The number of nitrogens with one attached hydrogen (secondary N) is 1. The van der Waals surface area contributed by atoms with Crippen LogP contribution in [0.2, 0.25) is 5.02 Å². The number of methoxy groups -OCH3 is 2. The number of nitrogens with zero attached hydrogens (tertiary/aromatic N) is 3. The van der Waals surface area contributed by atoms with Crippen molar-refractivity contribution in [2.75, 3.05) is 19.5 Å². The van der Waals surface area contributed by atoms with Crippen LogP contribution in [0.3, 0.4) is 0 Å². The van der Waals surface area contributed by atoms with Gasteiger partial charge in [-0.3, -0.25) is 0 Å². The predicted octanol–water partition coefficient (Wildman–Crippen LogP) is 5.75. The molecule has 0 saturated carbocycles. The fourth-order valence-electron chi connectivity index (χ4n) is 3.17. The van der Waals surface area contributed by atoms with Crippen molar-refractivity contribution in [1.29, 1.82) is 0 Å². The van der Waals surface area contributed by atoms with Gasteiger partial charge in [0.25, 0.3) is 0 Å². The fourth-order valence-corrected chi connectivity index (χ4v) is 4.45. The van der Waals surface area contributed by atoms with Crippen LogP contribution in [0.4, 0.5) is 17.3 Å². The van der Waals surface area contributed by atoms with Gasteiger partial charge in [0.2, 0.25) is 10.0 Å². The summed E-state index contributed by atoms with van der Waals surface area (Å²) in [4.78, 5) is 9.06. The lowest BCUT2D eigenvalue weighted by molar-refractivity contribution is 0.396. The molecule has 10 heteroatoms. The van der Waals surface area contributed by atoms with Gasteiger partial charge in [-0.05, 0) is 48.1 Å². The van der Waals surface area contributed by atoms with E-state index < -0.39 is 10.0 Å². The second-order valence-electron chi connectivity index (χ2n) is 7.08. The number of anilines is 2. The number of fused-ring (bicyclic) bond motifs is 1. The molecule has 0 radical (unpaired) electrons. The van der Waals surface area contributed by atoms with Gasteiger partial charge in [-0.25, -0.2) is 13.4 Å². The average Bonchev–Trinajstić information content (AvgIpc) is 2.79. The highest BCUT2D eigenvalue weighted by molar-refractivity contribution is 7.94. The van der Waals surface area contributed by atoms with E-state index in [9.17, 15) is 8.42 Å². The van der Waals surface area contributed by atoms with Gasteiger partial charge in [-0.15, -0.1) is 0 Å². The van der Waals surface area contributed by atoms with Crippen LogP contribution in [0.25, 0.3) is 15.8 Å². The molecule has 0 bridgehead atoms. The number of benzene rings is 3. The van der Waals surface area contributed by atoms with Crippen molar-refractivity contribution in [1.82, 2.24) is 9.97 Å². The Bertz CT molecular complexity index is 1440. The Morgan fingerprint density at radius 3 is 2.27 bits per heavy atom. The zero-order valence-corrected chi connectivity index (χ0v) is 19.6. The highest BCUT2D eigenvalue weighted by Crippen LogP contribution is 2.40. The molecule has 0 aliphatic heterocycles. The molecule has 1 heterocycles.